The molecule has 0 saturated heterocycles. The van der Waals surface area contributed by atoms with Crippen molar-refractivity contribution in [1.29, 1.82) is 0 Å². The van der Waals surface area contributed by atoms with Gasteiger partial charge < -0.3 is 0 Å². The predicted molar refractivity (Wildman–Crippen MR) is 92.1 cm³/mol. The van der Waals surface area contributed by atoms with E-state index in [9.17, 15) is 4.79 Å². The molecule has 0 aliphatic rings. The Bertz CT molecular complexity index is 761. The van der Waals surface area contributed by atoms with Gasteiger partial charge in [0.2, 0.25) is 0 Å². The van der Waals surface area contributed by atoms with Crippen molar-refractivity contribution in [2.45, 2.75) is 0 Å². The van der Waals surface area contributed by atoms with E-state index < -0.39 is 0 Å². The van der Waals surface area contributed by atoms with Crippen molar-refractivity contribution in [3.8, 4) is 0 Å². The van der Waals surface area contributed by atoms with E-state index in [1.54, 1.807) is 11.3 Å². The van der Waals surface area contributed by atoms with Gasteiger partial charge >= 0.3 is 0 Å². The van der Waals surface area contributed by atoms with Gasteiger partial charge in [0.1, 0.15) is 0 Å². The lowest BCUT2D eigenvalue weighted by molar-refractivity contribution is 0.104. The molecule has 94 valence electrons. The summed E-state index contributed by atoms with van der Waals surface area (Å²) in [6.45, 7) is 0. The summed E-state index contributed by atoms with van der Waals surface area (Å²) in [4.78, 5) is 12.5. The molecule has 0 amide bonds. The van der Waals surface area contributed by atoms with Crippen molar-refractivity contribution >= 4 is 65.7 Å². The van der Waals surface area contributed by atoms with Crippen LogP contribution in [0.3, 0.4) is 0 Å². The number of fused-ring (bicyclic) bond motifs is 1. The van der Waals surface area contributed by atoms with Gasteiger partial charge in [0.15, 0.2) is 5.78 Å². The van der Waals surface area contributed by atoms with Crippen LogP contribution in [0.5, 0.6) is 0 Å². The fourth-order valence-corrected chi connectivity index (χ4v) is 3.92. The number of hydrogen-bond acceptors (Lipinski definition) is 2. The van der Waals surface area contributed by atoms with Crippen molar-refractivity contribution in [2.24, 2.45) is 0 Å². The monoisotopic (exact) mass is 442 g/mol. The van der Waals surface area contributed by atoms with Crippen molar-refractivity contribution in [2.75, 3.05) is 0 Å². The summed E-state index contributed by atoms with van der Waals surface area (Å²) in [5.41, 5.74) is 1.52. The minimum absolute atomic E-state index is 0.0840. The first-order valence-corrected chi connectivity index (χ1v) is 8.38. The van der Waals surface area contributed by atoms with E-state index in [2.05, 4.69) is 38.5 Å². The van der Waals surface area contributed by atoms with Crippen LogP contribution in [0.25, 0.3) is 10.1 Å². The molecule has 19 heavy (non-hydrogen) atoms. The third-order valence-corrected chi connectivity index (χ3v) is 5.57. The van der Waals surface area contributed by atoms with Gasteiger partial charge in [-0.15, -0.1) is 11.3 Å². The minimum Gasteiger partial charge on any atom is -0.289 e. The Hall–Kier alpha value is -0.720. The number of thiophene rings is 1. The summed E-state index contributed by atoms with van der Waals surface area (Å²) in [6.07, 6.45) is 0. The second kappa shape index (κ2) is 5.34. The van der Waals surface area contributed by atoms with E-state index in [0.717, 1.165) is 29.3 Å². The molecule has 0 spiro atoms. The first-order valence-electron chi connectivity index (χ1n) is 5.63. The second-order valence-corrected chi connectivity index (χ2v) is 7.08. The standard InChI is InChI=1S/C15H8BrIOS/c16-13-3-1-2-11-12(8-19-15(11)13)14(18)9-4-6-10(17)7-5-9/h1-8H. The molecule has 0 fully saturated rings. The Balaban J connectivity index is 2.12. The van der Waals surface area contributed by atoms with Gasteiger partial charge in [-0.25, -0.2) is 0 Å². The summed E-state index contributed by atoms with van der Waals surface area (Å²) < 4.78 is 3.29. The van der Waals surface area contributed by atoms with E-state index in [-0.39, 0.29) is 5.78 Å². The molecule has 0 N–H and O–H groups in total. The summed E-state index contributed by atoms with van der Waals surface area (Å²) >= 11 is 7.36. The van der Waals surface area contributed by atoms with Gasteiger partial charge in [0.25, 0.3) is 0 Å². The van der Waals surface area contributed by atoms with Crippen LogP contribution in [0.4, 0.5) is 0 Å². The van der Waals surface area contributed by atoms with Gasteiger partial charge in [0, 0.05) is 34.6 Å². The van der Waals surface area contributed by atoms with Gasteiger partial charge in [-0.1, -0.05) is 12.1 Å². The average molecular weight is 443 g/mol. The molecule has 0 unspecified atom stereocenters. The number of carbonyl (C=O) groups excluding carboxylic acids is 1. The number of ketones is 1. The molecule has 0 aliphatic carbocycles. The fourth-order valence-electron chi connectivity index (χ4n) is 1.95. The molecule has 4 heteroatoms. The summed E-state index contributed by atoms with van der Waals surface area (Å²) in [5.74, 6) is 0.0840. The van der Waals surface area contributed by atoms with Gasteiger partial charge in [0.05, 0.1) is 0 Å². The van der Waals surface area contributed by atoms with E-state index in [1.165, 1.54) is 0 Å². The van der Waals surface area contributed by atoms with Crippen LogP contribution < -0.4 is 0 Å². The molecule has 0 bridgehead atoms. The average Bonchev–Trinajstić information content (AvgIpc) is 2.84. The molecular weight excluding hydrogens is 435 g/mol. The smallest absolute Gasteiger partial charge is 0.194 e. The highest BCUT2D eigenvalue weighted by molar-refractivity contribution is 14.1. The molecule has 0 aliphatic heterocycles. The maximum Gasteiger partial charge on any atom is 0.194 e. The highest BCUT2D eigenvalue weighted by atomic mass is 127. The third-order valence-electron chi connectivity index (χ3n) is 2.90. The Kier molecular flexibility index (Phi) is 3.73. The Morgan fingerprint density at radius 2 is 1.84 bits per heavy atom. The van der Waals surface area contributed by atoms with Crippen LogP contribution >= 0.6 is 49.9 Å². The first kappa shape index (κ1) is 13.3. The number of halogens is 2. The first-order chi connectivity index (χ1) is 9.16. The zero-order valence-electron chi connectivity index (χ0n) is 9.69. The van der Waals surface area contributed by atoms with Crippen LogP contribution in [-0.2, 0) is 0 Å². The highest BCUT2D eigenvalue weighted by Crippen LogP contribution is 2.33. The van der Waals surface area contributed by atoms with Crippen molar-refractivity contribution in [3.63, 3.8) is 0 Å². The van der Waals surface area contributed by atoms with Crippen LogP contribution in [0.2, 0.25) is 0 Å². The molecule has 1 heterocycles. The van der Waals surface area contributed by atoms with E-state index in [0.29, 0.717) is 0 Å². The van der Waals surface area contributed by atoms with Gasteiger partial charge in [-0.2, -0.15) is 0 Å². The molecule has 1 nitrogen and oxygen atoms in total. The highest BCUT2D eigenvalue weighted by Gasteiger charge is 2.15. The number of benzene rings is 2. The van der Waals surface area contributed by atoms with Crippen molar-refractivity contribution in [3.05, 3.63) is 67.0 Å². The van der Waals surface area contributed by atoms with E-state index >= 15 is 0 Å². The molecular formula is C15H8BrIOS. The molecule has 3 aromatic rings. The topological polar surface area (TPSA) is 17.1 Å². The Morgan fingerprint density at radius 3 is 2.58 bits per heavy atom. The van der Waals surface area contributed by atoms with Crippen LogP contribution in [0.15, 0.2) is 52.3 Å². The van der Waals surface area contributed by atoms with Crippen molar-refractivity contribution < 1.29 is 4.79 Å². The Labute approximate surface area is 136 Å². The Morgan fingerprint density at radius 1 is 1.11 bits per heavy atom. The quantitative estimate of drug-likeness (QED) is 0.378. The van der Waals surface area contributed by atoms with Crippen molar-refractivity contribution in [1.82, 2.24) is 0 Å². The lowest BCUT2D eigenvalue weighted by Gasteiger charge is -2.01. The molecule has 1 aromatic heterocycles. The lowest BCUT2D eigenvalue weighted by atomic mass is 10.0. The predicted octanol–water partition coefficient (Wildman–Crippen LogP) is 5.50. The SMILES string of the molecule is O=C(c1ccc(I)cc1)c1csc2c(Br)cccc12. The number of carbonyl (C=O) groups is 1. The van der Waals surface area contributed by atoms with E-state index in [1.807, 2.05) is 47.8 Å². The molecule has 3 rings (SSSR count). The van der Waals surface area contributed by atoms with E-state index in [4.69, 9.17) is 0 Å². The second-order valence-electron chi connectivity index (χ2n) is 4.10. The minimum atomic E-state index is 0.0840. The zero-order valence-corrected chi connectivity index (χ0v) is 14.3. The van der Waals surface area contributed by atoms with Gasteiger partial charge in [-0.05, 0) is 68.9 Å². The largest absolute Gasteiger partial charge is 0.289 e. The maximum atomic E-state index is 12.5. The van der Waals surface area contributed by atoms with Crippen LogP contribution in [-0.4, -0.2) is 5.78 Å². The molecule has 0 saturated carbocycles. The third kappa shape index (κ3) is 2.49. The number of hydrogen-bond donors (Lipinski definition) is 0. The van der Waals surface area contributed by atoms with Crippen LogP contribution in [0.1, 0.15) is 15.9 Å². The molecule has 2 aromatic carbocycles. The maximum absolute atomic E-state index is 12.5. The number of rotatable bonds is 2. The summed E-state index contributed by atoms with van der Waals surface area (Å²) in [5, 5.41) is 2.96. The molecule has 0 radical (unpaired) electrons. The zero-order chi connectivity index (χ0) is 13.4. The van der Waals surface area contributed by atoms with Crippen LogP contribution in [0, 0.1) is 3.57 Å². The summed E-state index contributed by atoms with van der Waals surface area (Å²) in [6, 6.07) is 13.6. The fraction of sp³-hybridized carbons (Fsp3) is 0. The lowest BCUT2D eigenvalue weighted by Crippen LogP contribution is -1.99. The summed E-state index contributed by atoms with van der Waals surface area (Å²) in [7, 11) is 0. The normalized spacial score (nSPS) is 10.8. The molecule has 0 atom stereocenters. The van der Waals surface area contributed by atoms with Gasteiger partial charge in [-0.3, -0.25) is 4.79 Å².